The van der Waals surface area contributed by atoms with E-state index in [4.69, 9.17) is 9.47 Å². The van der Waals surface area contributed by atoms with Gasteiger partial charge in [0.05, 0.1) is 25.1 Å². The van der Waals surface area contributed by atoms with Crippen molar-refractivity contribution in [1.82, 2.24) is 0 Å². The highest BCUT2D eigenvalue weighted by molar-refractivity contribution is 9.10. The summed E-state index contributed by atoms with van der Waals surface area (Å²) in [4.78, 5) is 3.48. The molecule has 1 aliphatic heterocycles. The summed E-state index contributed by atoms with van der Waals surface area (Å²) in [6.45, 7) is 3.86. The summed E-state index contributed by atoms with van der Waals surface area (Å²) in [7, 11) is 1.69. The van der Waals surface area contributed by atoms with E-state index in [-0.39, 0.29) is 5.25 Å². The smallest absolute Gasteiger partial charge is 0.119 e. The van der Waals surface area contributed by atoms with Crippen LogP contribution in [0.15, 0.2) is 51.8 Å². The minimum absolute atomic E-state index is 0.0260. The molecule has 4 nitrogen and oxygen atoms in total. The third-order valence-corrected chi connectivity index (χ3v) is 5.75. The molecule has 0 aliphatic carbocycles. The first-order chi connectivity index (χ1) is 12.2. The molecule has 25 heavy (non-hydrogen) atoms. The summed E-state index contributed by atoms with van der Waals surface area (Å²) in [5.74, 6) is 0.306. The zero-order valence-corrected chi connectivity index (χ0v) is 16.6. The van der Waals surface area contributed by atoms with Gasteiger partial charge in [0.2, 0.25) is 0 Å². The van der Waals surface area contributed by atoms with Gasteiger partial charge < -0.3 is 19.5 Å². The van der Waals surface area contributed by atoms with Gasteiger partial charge in [-0.2, -0.15) is 0 Å². The number of methoxy groups -OCH3 is 1. The molecule has 134 valence electrons. The Morgan fingerprint density at radius 2 is 2.00 bits per heavy atom. The monoisotopic (exact) mass is 423 g/mol. The Balaban J connectivity index is 1.84. The van der Waals surface area contributed by atoms with Crippen molar-refractivity contribution in [3.05, 3.63) is 52.5 Å². The van der Waals surface area contributed by atoms with E-state index in [1.165, 1.54) is 5.69 Å². The quantitative estimate of drug-likeness (QED) is 0.693. The largest absolute Gasteiger partial charge is 0.508 e. The van der Waals surface area contributed by atoms with Gasteiger partial charge in [-0.15, -0.1) is 11.8 Å². The highest BCUT2D eigenvalue weighted by atomic mass is 79.9. The summed E-state index contributed by atoms with van der Waals surface area (Å²) in [6.07, 6.45) is 0. The number of thioether (sulfide) groups is 1. The summed E-state index contributed by atoms with van der Waals surface area (Å²) >= 11 is 5.33. The van der Waals surface area contributed by atoms with E-state index in [0.29, 0.717) is 12.4 Å². The van der Waals surface area contributed by atoms with E-state index in [1.54, 1.807) is 24.9 Å². The van der Waals surface area contributed by atoms with E-state index in [9.17, 15) is 5.11 Å². The molecular formula is C19H22BrNO3S. The number of hydrogen-bond acceptors (Lipinski definition) is 5. The maximum atomic E-state index is 10.2. The number of aromatic hydroxyl groups is 1. The van der Waals surface area contributed by atoms with Crippen molar-refractivity contribution in [2.45, 2.75) is 10.1 Å². The fourth-order valence-corrected chi connectivity index (χ4v) is 4.76. The van der Waals surface area contributed by atoms with Crippen LogP contribution in [0.5, 0.6) is 5.75 Å². The molecule has 1 N–H and O–H groups in total. The van der Waals surface area contributed by atoms with E-state index in [1.807, 2.05) is 18.2 Å². The van der Waals surface area contributed by atoms with Crippen LogP contribution in [0.3, 0.4) is 0 Å². The van der Waals surface area contributed by atoms with Crippen LogP contribution in [0.4, 0.5) is 5.69 Å². The maximum Gasteiger partial charge on any atom is 0.119 e. The Hall–Kier alpha value is -1.21. The lowest BCUT2D eigenvalue weighted by molar-refractivity contribution is 0.122. The third kappa shape index (κ3) is 4.91. The first-order valence-corrected chi connectivity index (χ1v) is 9.91. The molecule has 6 heteroatoms. The van der Waals surface area contributed by atoms with Gasteiger partial charge in [0, 0.05) is 40.8 Å². The molecule has 0 amide bonds. The average Bonchev–Trinajstić information content (AvgIpc) is 2.62. The molecule has 1 unspecified atom stereocenters. The Kier molecular flexibility index (Phi) is 6.64. The number of rotatable bonds is 6. The average molecular weight is 424 g/mol. The topological polar surface area (TPSA) is 41.9 Å². The molecule has 1 fully saturated rings. The standard InChI is InChI=1S/C19H22BrNO3S/c1-23-13-19(17-4-2-3-5-18(17)22)25-16-11-14(20)10-15(12-16)21-6-8-24-9-7-21/h2-5,10-12,19,22H,6-9,13H2,1H3. The summed E-state index contributed by atoms with van der Waals surface area (Å²) in [5.41, 5.74) is 2.08. The van der Waals surface area contributed by atoms with Crippen LogP contribution in [0.1, 0.15) is 10.8 Å². The minimum Gasteiger partial charge on any atom is -0.508 e. The molecular weight excluding hydrogens is 402 g/mol. The highest BCUT2D eigenvalue weighted by Gasteiger charge is 2.18. The number of phenolic OH excluding ortho intramolecular Hbond substituents is 1. The SMILES string of the molecule is COCC(Sc1cc(Br)cc(N2CCOCC2)c1)c1ccccc1O. The third-order valence-electron chi connectivity index (χ3n) is 4.11. The van der Waals surface area contributed by atoms with Gasteiger partial charge in [-0.3, -0.25) is 0 Å². The molecule has 2 aromatic rings. The molecule has 2 aromatic carbocycles. The summed E-state index contributed by atoms with van der Waals surface area (Å²) < 4.78 is 11.9. The number of anilines is 1. The van der Waals surface area contributed by atoms with Crippen molar-refractivity contribution < 1.29 is 14.6 Å². The first kappa shape index (κ1) is 18.6. The van der Waals surface area contributed by atoms with Gasteiger partial charge >= 0.3 is 0 Å². The lowest BCUT2D eigenvalue weighted by Gasteiger charge is -2.29. The molecule has 0 aromatic heterocycles. The van der Waals surface area contributed by atoms with Gasteiger partial charge in [-0.25, -0.2) is 0 Å². The Morgan fingerprint density at radius 1 is 1.24 bits per heavy atom. The van der Waals surface area contributed by atoms with Crippen molar-refractivity contribution in [3.63, 3.8) is 0 Å². The van der Waals surface area contributed by atoms with Gasteiger partial charge in [-0.05, 0) is 24.3 Å². The Bertz CT molecular complexity index is 707. The molecule has 3 rings (SSSR count). The highest BCUT2D eigenvalue weighted by Crippen LogP contribution is 2.41. The zero-order chi connectivity index (χ0) is 17.6. The molecule has 1 heterocycles. The molecule has 0 saturated carbocycles. The lowest BCUT2D eigenvalue weighted by atomic mass is 10.1. The number of nitrogens with zero attached hydrogens (tertiary/aromatic N) is 1. The maximum absolute atomic E-state index is 10.2. The zero-order valence-electron chi connectivity index (χ0n) is 14.2. The Labute approximate surface area is 161 Å². The second-order valence-electron chi connectivity index (χ2n) is 5.87. The van der Waals surface area contributed by atoms with Crippen LogP contribution in [0.2, 0.25) is 0 Å². The van der Waals surface area contributed by atoms with Crippen LogP contribution in [0.25, 0.3) is 0 Å². The number of morpholine rings is 1. The fraction of sp³-hybridized carbons (Fsp3) is 0.368. The van der Waals surface area contributed by atoms with E-state index >= 15 is 0 Å². The lowest BCUT2D eigenvalue weighted by Crippen LogP contribution is -2.36. The van der Waals surface area contributed by atoms with E-state index < -0.39 is 0 Å². The fourth-order valence-electron chi connectivity index (χ4n) is 2.88. The minimum atomic E-state index is 0.0260. The molecule has 0 radical (unpaired) electrons. The van der Waals surface area contributed by atoms with Crippen LogP contribution in [-0.4, -0.2) is 45.1 Å². The van der Waals surface area contributed by atoms with Crippen molar-refractivity contribution in [1.29, 1.82) is 0 Å². The summed E-state index contributed by atoms with van der Waals surface area (Å²) in [6, 6.07) is 13.9. The van der Waals surface area contributed by atoms with Crippen LogP contribution in [-0.2, 0) is 9.47 Å². The van der Waals surface area contributed by atoms with Crippen molar-refractivity contribution >= 4 is 33.4 Å². The first-order valence-electron chi connectivity index (χ1n) is 8.24. The second kappa shape index (κ2) is 8.94. The molecule has 0 spiro atoms. The van der Waals surface area contributed by atoms with Crippen LogP contribution < -0.4 is 4.90 Å². The number of phenols is 1. The van der Waals surface area contributed by atoms with Crippen molar-refractivity contribution in [2.75, 3.05) is 44.9 Å². The number of para-hydroxylation sites is 1. The van der Waals surface area contributed by atoms with E-state index in [2.05, 4.69) is 39.0 Å². The molecule has 1 atom stereocenters. The predicted octanol–water partition coefficient (Wildman–Crippen LogP) is 4.47. The van der Waals surface area contributed by atoms with Crippen molar-refractivity contribution in [2.24, 2.45) is 0 Å². The van der Waals surface area contributed by atoms with E-state index in [0.717, 1.165) is 41.2 Å². The summed E-state index contributed by atoms with van der Waals surface area (Å²) in [5, 5.41) is 10.2. The number of benzene rings is 2. The normalized spacial score (nSPS) is 16.0. The number of ether oxygens (including phenoxy) is 2. The van der Waals surface area contributed by atoms with Crippen molar-refractivity contribution in [3.8, 4) is 5.75 Å². The second-order valence-corrected chi connectivity index (χ2v) is 8.06. The van der Waals surface area contributed by atoms with Gasteiger partial charge in [0.15, 0.2) is 0 Å². The number of hydrogen-bond donors (Lipinski definition) is 1. The van der Waals surface area contributed by atoms with Gasteiger partial charge in [0.25, 0.3) is 0 Å². The van der Waals surface area contributed by atoms with Crippen LogP contribution in [0, 0.1) is 0 Å². The Morgan fingerprint density at radius 3 is 2.72 bits per heavy atom. The molecule has 1 aliphatic rings. The predicted molar refractivity (Wildman–Crippen MR) is 106 cm³/mol. The molecule has 0 bridgehead atoms. The van der Waals surface area contributed by atoms with Crippen LogP contribution >= 0.6 is 27.7 Å². The molecule has 1 saturated heterocycles. The number of halogens is 1. The van der Waals surface area contributed by atoms with Gasteiger partial charge in [-0.1, -0.05) is 34.1 Å². The van der Waals surface area contributed by atoms with Gasteiger partial charge in [0.1, 0.15) is 5.75 Å².